The van der Waals surface area contributed by atoms with Crippen molar-refractivity contribution in [2.24, 2.45) is 10.8 Å². The highest BCUT2D eigenvalue weighted by Crippen LogP contribution is 2.63. The third-order valence-corrected chi connectivity index (χ3v) is 5.03. The first-order valence-electron chi connectivity index (χ1n) is 6.70. The summed E-state index contributed by atoms with van der Waals surface area (Å²) in [6.07, 6.45) is 0. The van der Waals surface area contributed by atoms with Gasteiger partial charge in [-0.1, -0.05) is 39.8 Å². The number of methoxy groups -OCH3 is 1. The van der Waals surface area contributed by atoms with Crippen LogP contribution in [0, 0.1) is 10.8 Å². The Morgan fingerprint density at radius 1 is 1.17 bits per heavy atom. The predicted molar refractivity (Wildman–Crippen MR) is 75.9 cm³/mol. The van der Waals surface area contributed by atoms with Gasteiger partial charge in [0.2, 0.25) is 0 Å². The van der Waals surface area contributed by atoms with Gasteiger partial charge in [0.1, 0.15) is 5.75 Å². The van der Waals surface area contributed by atoms with Crippen LogP contribution in [-0.2, 0) is 0 Å². The monoisotopic (exact) mass is 247 g/mol. The molecule has 1 saturated carbocycles. The van der Waals surface area contributed by atoms with Crippen LogP contribution in [-0.4, -0.2) is 13.2 Å². The Labute approximate surface area is 111 Å². The summed E-state index contributed by atoms with van der Waals surface area (Å²) in [7, 11) is 1.71. The van der Waals surface area contributed by atoms with Crippen LogP contribution < -0.4 is 10.1 Å². The minimum Gasteiger partial charge on any atom is -0.497 e. The van der Waals surface area contributed by atoms with E-state index in [0.29, 0.717) is 22.9 Å². The molecule has 1 aromatic rings. The van der Waals surface area contributed by atoms with Crippen molar-refractivity contribution in [1.29, 1.82) is 0 Å². The van der Waals surface area contributed by atoms with E-state index in [4.69, 9.17) is 4.74 Å². The average molecular weight is 247 g/mol. The zero-order valence-corrected chi connectivity index (χ0v) is 12.4. The van der Waals surface area contributed by atoms with E-state index >= 15 is 0 Å². The van der Waals surface area contributed by atoms with Crippen molar-refractivity contribution in [3.63, 3.8) is 0 Å². The average Bonchev–Trinajstić information content (AvgIpc) is 2.71. The van der Waals surface area contributed by atoms with Gasteiger partial charge >= 0.3 is 0 Å². The number of nitrogens with one attached hydrogen (secondary N) is 1. The Balaban J connectivity index is 2.07. The van der Waals surface area contributed by atoms with Crippen LogP contribution in [0.2, 0.25) is 0 Å². The van der Waals surface area contributed by atoms with E-state index in [2.05, 4.69) is 58.1 Å². The van der Waals surface area contributed by atoms with E-state index < -0.39 is 0 Å². The summed E-state index contributed by atoms with van der Waals surface area (Å²) in [5.74, 6) is 0.926. The molecule has 0 amide bonds. The standard InChI is InChI=1S/C16H25NO/c1-11(12-8-7-9-13(10-12)18-6)17-14-15(2,3)16(14,4)5/h7-11,14,17H,1-6H3. The first-order valence-corrected chi connectivity index (χ1v) is 6.70. The molecule has 0 spiro atoms. The third-order valence-electron chi connectivity index (χ3n) is 5.03. The first kappa shape index (κ1) is 13.4. The highest BCUT2D eigenvalue weighted by atomic mass is 16.5. The Morgan fingerprint density at radius 3 is 2.28 bits per heavy atom. The molecule has 1 atom stereocenters. The largest absolute Gasteiger partial charge is 0.497 e. The maximum absolute atomic E-state index is 5.28. The molecule has 2 rings (SSSR count). The minimum absolute atomic E-state index is 0.353. The van der Waals surface area contributed by atoms with Crippen molar-refractivity contribution in [3.8, 4) is 5.75 Å². The molecule has 2 nitrogen and oxygen atoms in total. The maximum Gasteiger partial charge on any atom is 0.119 e. The van der Waals surface area contributed by atoms with Crippen LogP contribution in [0.5, 0.6) is 5.75 Å². The van der Waals surface area contributed by atoms with Crippen LogP contribution in [0.15, 0.2) is 24.3 Å². The van der Waals surface area contributed by atoms with Gasteiger partial charge in [0, 0.05) is 12.1 Å². The Hall–Kier alpha value is -1.02. The lowest BCUT2D eigenvalue weighted by Crippen LogP contribution is -2.25. The Bertz CT molecular complexity index is 422. The van der Waals surface area contributed by atoms with Gasteiger partial charge in [0.15, 0.2) is 0 Å². The molecule has 0 saturated heterocycles. The van der Waals surface area contributed by atoms with Crippen molar-refractivity contribution in [1.82, 2.24) is 5.32 Å². The molecule has 18 heavy (non-hydrogen) atoms. The summed E-state index contributed by atoms with van der Waals surface area (Å²) in [5.41, 5.74) is 2.04. The topological polar surface area (TPSA) is 21.3 Å². The molecule has 1 aromatic carbocycles. The number of hydrogen-bond donors (Lipinski definition) is 1. The van der Waals surface area contributed by atoms with Gasteiger partial charge in [-0.15, -0.1) is 0 Å². The zero-order chi connectivity index (χ0) is 13.6. The van der Waals surface area contributed by atoms with E-state index in [1.54, 1.807) is 7.11 Å². The second-order valence-electron chi connectivity index (χ2n) is 6.54. The number of rotatable bonds is 4. The molecule has 1 unspecified atom stereocenters. The van der Waals surface area contributed by atoms with Crippen molar-refractivity contribution in [2.75, 3.05) is 7.11 Å². The van der Waals surface area contributed by atoms with Crippen LogP contribution in [0.4, 0.5) is 0 Å². The SMILES string of the molecule is COc1cccc(C(C)NC2C(C)(C)C2(C)C)c1. The van der Waals surface area contributed by atoms with Crippen molar-refractivity contribution >= 4 is 0 Å². The molecule has 1 aliphatic rings. The fourth-order valence-corrected chi connectivity index (χ4v) is 2.87. The molecule has 1 aliphatic carbocycles. The molecular weight excluding hydrogens is 222 g/mol. The number of ether oxygens (including phenoxy) is 1. The maximum atomic E-state index is 5.28. The van der Waals surface area contributed by atoms with E-state index in [1.807, 2.05) is 6.07 Å². The summed E-state index contributed by atoms with van der Waals surface area (Å²) < 4.78 is 5.28. The third kappa shape index (κ3) is 2.03. The number of benzene rings is 1. The van der Waals surface area contributed by atoms with Gasteiger partial charge in [0.25, 0.3) is 0 Å². The molecular formula is C16H25NO. The lowest BCUT2D eigenvalue weighted by molar-refractivity contribution is 0.412. The van der Waals surface area contributed by atoms with Crippen LogP contribution in [0.3, 0.4) is 0 Å². The Morgan fingerprint density at radius 2 is 1.78 bits per heavy atom. The summed E-state index contributed by atoms with van der Waals surface area (Å²) in [4.78, 5) is 0. The fourth-order valence-electron chi connectivity index (χ4n) is 2.87. The summed E-state index contributed by atoms with van der Waals surface area (Å²) in [6, 6.07) is 9.23. The number of hydrogen-bond acceptors (Lipinski definition) is 2. The zero-order valence-electron chi connectivity index (χ0n) is 12.4. The Kier molecular flexibility index (Phi) is 3.18. The smallest absolute Gasteiger partial charge is 0.119 e. The fraction of sp³-hybridized carbons (Fsp3) is 0.625. The van der Waals surface area contributed by atoms with Gasteiger partial charge in [-0.05, 0) is 35.4 Å². The summed E-state index contributed by atoms with van der Waals surface area (Å²) in [6.45, 7) is 11.6. The first-order chi connectivity index (χ1) is 8.30. The second-order valence-corrected chi connectivity index (χ2v) is 6.54. The van der Waals surface area contributed by atoms with Crippen molar-refractivity contribution < 1.29 is 4.74 Å². The highest BCUT2D eigenvalue weighted by Gasteiger charge is 2.64. The molecule has 100 valence electrons. The van der Waals surface area contributed by atoms with E-state index in [9.17, 15) is 0 Å². The van der Waals surface area contributed by atoms with E-state index in [0.717, 1.165) is 5.75 Å². The van der Waals surface area contributed by atoms with Crippen LogP contribution in [0.1, 0.15) is 46.2 Å². The lowest BCUT2D eigenvalue weighted by Gasteiger charge is -2.16. The molecule has 2 heteroatoms. The van der Waals surface area contributed by atoms with Gasteiger partial charge in [0.05, 0.1) is 7.11 Å². The van der Waals surface area contributed by atoms with Gasteiger partial charge in [-0.2, -0.15) is 0 Å². The highest BCUT2D eigenvalue weighted by molar-refractivity contribution is 5.31. The molecule has 0 radical (unpaired) electrons. The second kappa shape index (κ2) is 4.27. The summed E-state index contributed by atoms with van der Waals surface area (Å²) >= 11 is 0. The predicted octanol–water partition coefficient (Wildman–Crippen LogP) is 3.78. The molecule has 0 aliphatic heterocycles. The van der Waals surface area contributed by atoms with Gasteiger partial charge in [-0.3, -0.25) is 0 Å². The summed E-state index contributed by atoms with van der Waals surface area (Å²) in [5, 5.41) is 3.75. The normalized spacial score (nSPS) is 22.6. The van der Waals surface area contributed by atoms with E-state index in [1.165, 1.54) is 5.56 Å². The molecule has 1 N–H and O–H groups in total. The van der Waals surface area contributed by atoms with Gasteiger partial charge in [-0.25, -0.2) is 0 Å². The quantitative estimate of drug-likeness (QED) is 0.874. The molecule has 0 aromatic heterocycles. The molecule has 0 heterocycles. The molecule has 1 fully saturated rings. The molecule has 0 bridgehead atoms. The van der Waals surface area contributed by atoms with Crippen molar-refractivity contribution in [2.45, 2.75) is 46.7 Å². The van der Waals surface area contributed by atoms with Crippen molar-refractivity contribution in [3.05, 3.63) is 29.8 Å². The van der Waals surface area contributed by atoms with Crippen LogP contribution in [0.25, 0.3) is 0 Å². The van der Waals surface area contributed by atoms with Gasteiger partial charge < -0.3 is 10.1 Å². The lowest BCUT2D eigenvalue weighted by atomic mass is 10.0. The van der Waals surface area contributed by atoms with E-state index in [-0.39, 0.29) is 0 Å². The minimum atomic E-state index is 0.353. The van der Waals surface area contributed by atoms with Crippen LogP contribution >= 0.6 is 0 Å².